The molecule has 6 nitrogen and oxygen atoms in total. The van der Waals surface area contributed by atoms with Gasteiger partial charge >= 0.3 is 0 Å². The van der Waals surface area contributed by atoms with Gasteiger partial charge in [0.1, 0.15) is 0 Å². The molecule has 1 saturated heterocycles. The maximum Gasteiger partial charge on any atom is 0.258 e. The Morgan fingerprint density at radius 1 is 1.13 bits per heavy atom. The quantitative estimate of drug-likeness (QED) is 0.570. The summed E-state index contributed by atoms with van der Waals surface area (Å²) in [7, 11) is 0. The van der Waals surface area contributed by atoms with Crippen LogP contribution in [0, 0.1) is 5.92 Å². The molecule has 5 rings (SSSR count). The third-order valence-electron chi connectivity index (χ3n) is 6.60. The maximum atomic E-state index is 13.1. The van der Waals surface area contributed by atoms with Gasteiger partial charge in [0.15, 0.2) is 5.82 Å². The molecule has 2 fully saturated rings. The highest BCUT2D eigenvalue weighted by atomic mass is 16.5. The van der Waals surface area contributed by atoms with Crippen LogP contribution in [0.25, 0.3) is 11.5 Å². The van der Waals surface area contributed by atoms with E-state index in [4.69, 9.17) is 9.51 Å². The minimum absolute atomic E-state index is 0.212. The van der Waals surface area contributed by atoms with E-state index in [1.165, 1.54) is 18.4 Å². The normalized spacial score (nSPS) is 21.2. The number of likely N-dealkylation sites (tertiary alicyclic amines) is 1. The molecule has 1 aliphatic heterocycles. The predicted octanol–water partition coefficient (Wildman–Crippen LogP) is 4.42. The first-order chi connectivity index (χ1) is 15.2. The monoisotopic (exact) mass is 416 g/mol. The zero-order valence-electron chi connectivity index (χ0n) is 17.7. The zero-order chi connectivity index (χ0) is 21.1. The average Bonchev–Trinajstić information content (AvgIpc) is 3.48. The Labute approximate surface area is 182 Å². The Morgan fingerprint density at radius 3 is 2.71 bits per heavy atom. The van der Waals surface area contributed by atoms with Crippen molar-refractivity contribution in [1.82, 2.24) is 20.0 Å². The molecule has 1 saturated carbocycles. The van der Waals surface area contributed by atoms with Gasteiger partial charge < -0.3 is 9.42 Å². The van der Waals surface area contributed by atoms with Gasteiger partial charge in [-0.3, -0.25) is 9.78 Å². The summed E-state index contributed by atoms with van der Waals surface area (Å²) in [5.74, 6) is 2.22. The highest BCUT2D eigenvalue weighted by Gasteiger charge is 2.45. The Kier molecular flexibility index (Phi) is 5.53. The van der Waals surface area contributed by atoms with E-state index in [1.54, 1.807) is 12.4 Å². The molecule has 0 spiro atoms. The smallest absolute Gasteiger partial charge is 0.258 e. The Balaban J connectivity index is 1.34. The lowest BCUT2D eigenvalue weighted by Crippen LogP contribution is -2.49. The Bertz CT molecular complexity index is 1020. The third-order valence-corrected chi connectivity index (χ3v) is 6.60. The van der Waals surface area contributed by atoms with Crippen LogP contribution in [0.3, 0.4) is 0 Å². The minimum atomic E-state index is -0.212. The number of piperidine rings is 1. The van der Waals surface area contributed by atoms with Crippen molar-refractivity contribution in [1.29, 1.82) is 0 Å². The van der Waals surface area contributed by atoms with Crippen molar-refractivity contribution >= 4 is 5.91 Å². The first-order valence-electron chi connectivity index (χ1n) is 11.3. The molecule has 1 aliphatic carbocycles. The topological polar surface area (TPSA) is 72.1 Å². The number of nitrogens with zero attached hydrogens (tertiary/aromatic N) is 4. The lowest BCUT2D eigenvalue weighted by atomic mass is 9.74. The number of rotatable bonds is 7. The summed E-state index contributed by atoms with van der Waals surface area (Å²) in [6.07, 6.45) is 10.3. The summed E-state index contributed by atoms with van der Waals surface area (Å²) in [5, 5.41) is 4.41. The van der Waals surface area contributed by atoms with Crippen LogP contribution in [0.1, 0.15) is 49.9 Å². The summed E-state index contributed by atoms with van der Waals surface area (Å²) in [6.45, 7) is 1.50. The number of hydrogen-bond donors (Lipinski definition) is 0. The number of benzene rings is 1. The van der Waals surface area contributed by atoms with Crippen LogP contribution in [0.4, 0.5) is 0 Å². The predicted molar refractivity (Wildman–Crippen MR) is 117 cm³/mol. The molecule has 160 valence electrons. The van der Waals surface area contributed by atoms with Gasteiger partial charge in [-0.1, -0.05) is 48.3 Å². The SMILES string of the molecule is O=C(CCc1ccccc1)N1CCCC(CC2CC2)(c2noc(-c3ccncc3)n2)C1. The van der Waals surface area contributed by atoms with Crippen molar-refractivity contribution in [3.8, 4) is 11.5 Å². The molecule has 6 heteroatoms. The second-order valence-electron chi connectivity index (χ2n) is 8.99. The number of aryl methyl sites for hydroxylation is 1. The van der Waals surface area contributed by atoms with E-state index in [-0.39, 0.29) is 11.3 Å². The summed E-state index contributed by atoms with van der Waals surface area (Å²) in [4.78, 5) is 24.0. The fourth-order valence-electron chi connectivity index (χ4n) is 4.76. The molecule has 1 amide bonds. The van der Waals surface area contributed by atoms with E-state index < -0.39 is 0 Å². The van der Waals surface area contributed by atoms with Crippen LogP contribution in [-0.4, -0.2) is 39.0 Å². The summed E-state index contributed by atoms with van der Waals surface area (Å²) in [6, 6.07) is 14.0. The van der Waals surface area contributed by atoms with Crippen LogP contribution in [0.5, 0.6) is 0 Å². The highest BCUT2D eigenvalue weighted by molar-refractivity contribution is 5.76. The Morgan fingerprint density at radius 2 is 1.94 bits per heavy atom. The molecule has 1 aromatic carbocycles. The second-order valence-corrected chi connectivity index (χ2v) is 8.99. The number of carbonyl (C=O) groups excluding carboxylic acids is 1. The van der Waals surface area contributed by atoms with Crippen molar-refractivity contribution in [2.75, 3.05) is 13.1 Å². The maximum absolute atomic E-state index is 13.1. The van der Waals surface area contributed by atoms with E-state index in [0.717, 1.165) is 43.6 Å². The van der Waals surface area contributed by atoms with Crippen LogP contribution < -0.4 is 0 Å². The molecule has 0 bridgehead atoms. The van der Waals surface area contributed by atoms with Crippen molar-refractivity contribution in [2.24, 2.45) is 5.92 Å². The number of carbonyl (C=O) groups is 1. The lowest BCUT2D eigenvalue weighted by Gasteiger charge is -2.41. The molecule has 1 atom stereocenters. The molecule has 31 heavy (non-hydrogen) atoms. The number of pyridine rings is 1. The molecular weight excluding hydrogens is 388 g/mol. The van der Waals surface area contributed by atoms with E-state index in [2.05, 4.69) is 22.3 Å². The van der Waals surface area contributed by atoms with E-state index in [9.17, 15) is 4.79 Å². The van der Waals surface area contributed by atoms with Gasteiger partial charge in [-0.15, -0.1) is 0 Å². The van der Waals surface area contributed by atoms with Gasteiger partial charge in [-0.05, 0) is 49.3 Å². The lowest BCUT2D eigenvalue weighted by molar-refractivity contribution is -0.133. The second kappa shape index (κ2) is 8.61. The van der Waals surface area contributed by atoms with Crippen molar-refractivity contribution in [2.45, 2.75) is 50.4 Å². The van der Waals surface area contributed by atoms with Crippen molar-refractivity contribution in [3.05, 3.63) is 66.2 Å². The molecule has 1 unspecified atom stereocenters. The van der Waals surface area contributed by atoms with Gasteiger partial charge in [0.2, 0.25) is 5.91 Å². The van der Waals surface area contributed by atoms with Crippen LogP contribution in [0.15, 0.2) is 59.4 Å². The standard InChI is InChI=1S/C25H28N4O2/c30-22(10-9-19-5-2-1-3-6-19)29-16-4-13-25(18-29,17-20-7-8-20)24-27-23(31-28-24)21-11-14-26-15-12-21/h1-3,5-6,11-12,14-15,20H,4,7-10,13,16-18H2. The molecule has 3 aromatic rings. The summed E-state index contributed by atoms with van der Waals surface area (Å²) >= 11 is 0. The summed E-state index contributed by atoms with van der Waals surface area (Å²) < 4.78 is 5.64. The molecule has 0 radical (unpaired) electrons. The molecule has 3 heterocycles. The first kappa shape index (κ1) is 19.9. The van der Waals surface area contributed by atoms with Crippen molar-refractivity contribution < 1.29 is 9.32 Å². The largest absolute Gasteiger partial charge is 0.342 e. The fraction of sp³-hybridized carbons (Fsp3) is 0.440. The van der Waals surface area contributed by atoms with Gasteiger partial charge in [-0.25, -0.2) is 0 Å². The molecule has 0 N–H and O–H groups in total. The van der Waals surface area contributed by atoms with Gasteiger partial charge in [0.25, 0.3) is 5.89 Å². The highest BCUT2D eigenvalue weighted by Crippen LogP contribution is 2.46. The van der Waals surface area contributed by atoms with E-state index in [0.29, 0.717) is 24.8 Å². The number of amides is 1. The third kappa shape index (κ3) is 4.53. The number of aromatic nitrogens is 3. The first-order valence-corrected chi connectivity index (χ1v) is 11.3. The van der Waals surface area contributed by atoms with Gasteiger partial charge in [0.05, 0.1) is 5.41 Å². The summed E-state index contributed by atoms with van der Waals surface area (Å²) in [5.41, 5.74) is 1.87. The van der Waals surface area contributed by atoms with Crippen LogP contribution >= 0.6 is 0 Å². The van der Waals surface area contributed by atoms with Gasteiger partial charge in [0, 0.05) is 37.5 Å². The zero-order valence-corrected chi connectivity index (χ0v) is 17.7. The minimum Gasteiger partial charge on any atom is -0.342 e. The van der Waals surface area contributed by atoms with Crippen LogP contribution in [-0.2, 0) is 16.6 Å². The van der Waals surface area contributed by atoms with E-state index in [1.807, 2.05) is 35.2 Å². The fourth-order valence-corrected chi connectivity index (χ4v) is 4.76. The average molecular weight is 417 g/mol. The molecular formula is C25H28N4O2. The Hall–Kier alpha value is -3.02. The van der Waals surface area contributed by atoms with Gasteiger partial charge in [-0.2, -0.15) is 4.98 Å². The molecule has 2 aromatic heterocycles. The van der Waals surface area contributed by atoms with Crippen LogP contribution in [0.2, 0.25) is 0 Å². The van der Waals surface area contributed by atoms with Crippen molar-refractivity contribution in [3.63, 3.8) is 0 Å². The number of hydrogen-bond acceptors (Lipinski definition) is 5. The van der Waals surface area contributed by atoms with E-state index >= 15 is 0 Å². The molecule has 2 aliphatic rings.